The second kappa shape index (κ2) is 9.03. The number of carbonyl (C=O) groups excluding carboxylic acids is 1. The molecule has 3 aromatic rings. The minimum absolute atomic E-state index is 0.149. The molecule has 4 rings (SSSR count). The molecule has 1 heterocycles. The highest BCUT2D eigenvalue weighted by molar-refractivity contribution is 5.95. The standard InChI is InChI=1S/C23H19FN4O5/c24-19-3-5-20(6-4-19)26-8-7-16-9-15(1-2-17(16)14-26)13-25-23(29)18-10-21(27(30)31)12-22(11-18)28(32)33/h1-6,9-12H,7-8,13-14H2,(H,25,29). The van der Waals surface area contributed by atoms with E-state index < -0.39 is 27.1 Å². The average molecular weight is 450 g/mol. The van der Waals surface area contributed by atoms with Crippen LogP contribution in [-0.4, -0.2) is 22.3 Å². The summed E-state index contributed by atoms with van der Waals surface area (Å²) in [6, 6.07) is 15.1. The van der Waals surface area contributed by atoms with Crippen LogP contribution in [0.2, 0.25) is 0 Å². The minimum Gasteiger partial charge on any atom is -0.367 e. The van der Waals surface area contributed by atoms with Crippen molar-refractivity contribution in [3.8, 4) is 0 Å². The third kappa shape index (κ3) is 4.95. The Kier molecular flexibility index (Phi) is 5.99. The zero-order valence-electron chi connectivity index (χ0n) is 17.4. The van der Waals surface area contributed by atoms with Crippen LogP contribution in [0, 0.1) is 26.0 Å². The number of nitro groups is 2. The third-order valence-corrected chi connectivity index (χ3v) is 5.51. The van der Waals surface area contributed by atoms with Crippen LogP contribution in [0.15, 0.2) is 60.7 Å². The van der Waals surface area contributed by atoms with Gasteiger partial charge in [-0.15, -0.1) is 0 Å². The first-order valence-corrected chi connectivity index (χ1v) is 10.1. The molecule has 168 valence electrons. The molecule has 0 saturated heterocycles. The molecule has 0 bridgehead atoms. The van der Waals surface area contributed by atoms with Gasteiger partial charge in [-0.1, -0.05) is 18.2 Å². The van der Waals surface area contributed by atoms with Gasteiger partial charge in [0.05, 0.1) is 21.5 Å². The van der Waals surface area contributed by atoms with E-state index in [1.54, 1.807) is 12.1 Å². The number of hydrogen-bond acceptors (Lipinski definition) is 6. The van der Waals surface area contributed by atoms with E-state index in [0.717, 1.165) is 53.5 Å². The lowest BCUT2D eigenvalue weighted by molar-refractivity contribution is -0.394. The van der Waals surface area contributed by atoms with Gasteiger partial charge in [0.2, 0.25) is 0 Å². The Morgan fingerprint density at radius 3 is 2.24 bits per heavy atom. The largest absolute Gasteiger partial charge is 0.367 e. The second-order valence-electron chi connectivity index (χ2n) is 7.69. The number of halogens is 1. The first-order chi connectivity index (χ1) is 15.8. The summed E-state index contributed by atoms with van der Waals surface area (Å²) >= 11 is 0. The van der Waals surface area contributed by atoms with Crippen LogP contribution in [-0.2, 0) is 19.5 Å². The molecule has 0 atom stereocenters. The highest BCUT2D eigenvalue weighted by atomic mass is 19.1. The van der Waals surface area contributed by atoms with Crippen molar-refractivity contribution in [2.75, 3.05) is 11.4 Å². The molecular weight excluding hydrogens is 431 g/mol. The topological polar surface area (TPSA) is 119 Å². The van der Waals surface area contributed by atoms with E-state index in [1.165, 1.54) is 12.1 Å². The Morgan fingerprint density at radius 1 is 0.939 bits per heavy atom. The maximum atomic E-state index is 13.2. The van der Waals surface area contributed by atoms with Crippen molar-refractivity contribution in [3.05, 3.63) is 109 Å². The van der Waals surface area contributed by atoms with E-state index >= 15 is 0 Å². The van der Waals surface area contributed by atoms with E-state index in [0.29, 0.717) is 6.54 Å². The predicted molar refractivity (Wildman–Crippen MR) is 119 cm³/mol. The minimum atomic E-state index is -0.775. The van der Waals surface area contributed by atoms with Crippen molar-refractivity contribution in [1.82, 2.24) is 5.32 Å². The van der Waals surface area contributed by atoms with Crippen LogP contribution in [0.3, 0.4) is 0 Å². The Hall–Kier alpha value is -4.34. The molecule has 0 radical (unpaired) electrons. The Labute approximate surface area is 187 Å². The number of anilines is 1. The number of nitro benzene ring substituents is 2. The number of nitrogens with one attached hydrogen (secondary N) is 1. The average Bonchev–Trinajstić information content (AvgIpc) is 2.82. The Balaban J connectivity index is 1.44. The SMILES string of the molecule is O=C(NCc1ccc2c(c1)CCN(c1ccc(F)cc1)C2)c1cc([N+](=O)[O-])cc([N+](=O)[O-])c1. The van der Waals surface area contributed by atoms with E-state index in [9.17, 15) is 29.4 Å². The van der Waals surface area contributed by atoms with Crippen molar-refractivity contribution in [1.29, 1.82) is 0 Å². The summed E-state index contributed by atoms with van der Waals surface area (Å²) in [7, 11) is 0. The number of non-ortho nitro benzene ring substituents is 2. The second-order valence-corrected chi connectivity index (χ2v) is 7.69. The first kappa shape index (κ1) is 21.9. The van der Waals surface area contributed by atoms with Crippen LogP contribution < -0.4 is 10.2 Å². The van der Waals surface area contributed by atoms with Crippen molar-refractivity contribution in [3.63, 3.8) is 0 Å². The summed E-state index contributed by atoms with van der Waals surface area (Å²) in [6.07, 6.45) is 0.783. The van der Waals surface area contributed by atoms with Gasteiger partial charge in [0.1, 0.15) is 5.82 Å². The highest BCUT2D eigenvalue weighted by Crippen LogP contribution is 2.26. The number of nitrogens with zero attached hydrogens (tertiary/aromatic N) is 3. The number of amides is 1. The molecule has 0 saturated carbocycles. The summed E-state index contributed by atoms with van der Waals surface area (Å²) in [5, 5.41) is 24.7. The molecule has 33 heavy (non-hydrogen) atoms. The summed E-state index contributed by atoms with van der Waals surface area (Å²) in [4.78, 5) is 35.2. The highest BCUT2D eigenvalue weighted by Gasteiger charge is 2.20. The molecule has 1 aliphatic rings. The predicted octanol–water partition coefficient (Wildman–Crippen LogP) is 4.13. The number of rotatable bonds is 6. The molecule has 0 fully saturated rings. The van der Waals surface area contributed by atoms with Gasteiger partial charge < -0.3 is 10.2 Å². The maximum Gasteiger partial charge on any atom is 0.277 e. The number of fused-ring (bicyclic) bond motifs is 1. The van der Waals surface area contributed by atoms with Crippen molar-refractivity contribution in [2.24, 2.45) is 0 Å². The van der Waals surface area contributed by atoms with Crippen LogP contribution >= 0.6 is 0 Å². The molecule has 1 N–H and O–H groups in total. The molecule has 0 spiro atoms. The fourth-order valence-electron chi connectivity index (χ4n) is 3.81. The molecule has 0 unspecified atom stereocenters. The fourth-order valence-corrected chi connectivity index (χ4v) is 3.81. The van der Waals surface area contributed by atoms with Gasteiger partial charge in [-0.05, 0) is 47.4 Å². The zero-order chi connectivity index (χ0) is 23.5. The van der Waals surface area contributed by atoms with E-state index in [1.807, 2.05) is 18.2 Å². The quantitative estimate of drug-likeness (QED) is 0.445. The number of benzene rings is 3. The lowest BCUT2D eigenvalue weighted by Crippen LogP contribution is -2.30. The van der Waals surface area contributed by atoms with Gasteiger partial charge in [0.25, 0.3) is 17.3 Å². The van der Waals surface area contributed by atoms with Crippen LogP contribution in [0.4, 0.5) is 21.5 Å². The third-order valence-electron chi connectivity index (χ3n) is 5.51. The molecule has 1 amide bonds. The molecule has 10 heteroatoms. The van der Waals surface area contributed by atoms with E-state index in [2.05, 4.69) is 10.2 Å². The molecule has 1 aliphatic heterocycles. The summed E-state index contributed by atoms with van der Waals surface area (Å²) < 4.78 is 13.2. The number of hydrogen-bond donors (Lipinski definition) is 1. The molecule has 0 aliphatic carbocycles. The van der Waals surface area contributed by atoms with E-state index in [4.69, 9.17) is 0 Å². The Bertz CT molecular complexity index is 1210. The van der Waals surface area contributed by atoms with Gasteiger partial charge in [-0.25, -0.2) is 4.39 Å². The zero-order valence-corrected chi connectivity index (χ0v) is 17.4. The van der Waals surface area contributed by atoms with Crippen LogP contribution in [0.1, 0.15) is 27.0 Å². The van der Waals surface area contributed by atoms with Crippen molar-refractivity contribution < 1.29 is 19.0 Å². The summed E-state index contributed by atoms with van der Waals surface area (Å²) in [5.41, 5.74) is 2.88. The van der Waals surface area contributed by atoms with Crippen LogP contribution in [0.5, 0.6) is 0 Å². The maximum absolute atomic E-state index is 13.2. The smallest absolute Gasteiger partial charge is 0.277 e. The summed E-state index contributed by atoms with van der Waals surface area (Å²) in [6.45, 7) is 1.63. The normalized spacial score (nSPS) is 12.7. The lowest BCUT2D eigenvalue weighted by atomic mass is 9.96. The van der Waals surface area contributed by atoms with Crippen LogP contribution in [0.25, 0.3) is 0 Å². The van der Waals surface area contributed by atoms with Gasteiger partial charge >= 0.3 is 0 Å². The lowest BCUT2D eigenvalue weighted by Gasteiger charge is -2.31. The van der Waals surface area contributed by atoms with Gasteiger partial charge in [-0.3, -0.25) is 25.0 Å². The van der Waals surface area contributed by atoms with Gasteiger partial charge in [0, 0.05) is 37.5 Å². The molecular formula is C23H19FN4O5. The molecule has 3 aromatic carbocycles. The Morgan fingerprint density at radius 2 is 1.61 bits per heavy atom. The van der Waals surface area contributed by atoms with Gasteiger partial charge in [0.15, 0.2) is 0 Å². The van der Waals surface area contributed by atoms with Crippen molar-refractivity contribution in [2.45, 2.75) is 19.5 Å². The number of carbonyl (C=O) groups is 1. The molecule has 9 nitrogen and oxygen atoms in total. The molecule has 0 aromatic heterocycles. The summed E-state index contributed by atoms with van der Waals surface area (Å²) in [5.74, 6) is -0.912. The fraction of sp³-hybridized carbons (Fsp3) is 0.174. The first-order valence-electron chi connectivity index (χ1n) is 10.1. The monoisotopic (exact) mass is 450 g/mol. The van der Waals surface area contributed by atoms with Gasteiger partial charge in [-0.2, -0.15) is 0 Å². The van der Waals surface area contributed by atoms with Crippen molar-refractivity contribution >= 4 is 23.0 Å². The van der Waals surface area contributed by atoms with E-state index in [-0.39, 0.29) is 17.9 Å².